The van der Waals surface area contributed by atoms with Crippen LogP contribution in [-0.4, -0.2) is 35.8 Å². The van der Waals surface area contributed by atoms with Crippen molar-refractivity contribution in [2.45, 2.75) is 6.92 Å². The lowest BCUT2D eigenvalue weighted by Gasteiger charge is -2.06. The summed E-state index contributed by atoms with van der Waals surface area (Å²) in [5.41, 5.74) is 1.25. The van der Waals surface area contributed by atoms with Gasteiger partial charge in [-0.2, -0.15) is 10.1 Å². The summed E-state index contributed by atoms with van der Waals surface area (Å²) in [6, 6.07) is 10.3. The Morgan fingerprint density at radius 1 is 1.19 bits per heavy atom. The van der Waals surface area contributed by atoms with Crippen LogP contribution in [0.3, 0.4) is 0 Å². The van der Waals surface area contributed by atoms with Crippen molar-refractivity contribution < 1.29 is 9.32 Å². The highest BCUT2D eigenvalue weighted by molar-refractivity contribution is 6.04. The Morgan fingerprint density at radius 2 is 2.04 bits per heavy atom. The lowest BCUT2D eigenvalue weighted by Crippen LogP contribution is -2.13. The van der Waals surface area contributed by atoms with Gasteiger partial charge in [0.25, 0.3) is 5.91 Å². The molecule has 1 aromatic carbocycles. The molecule has 0 spiro atoms. The van der Waals surface area contributed by atoms with Crippen LogP contribution in [0.1, 0.15) is 16.2 Å². The number of carbonyl (C=O) groups excluding carboxylic acids is 1. The second-order valence-corrected chi connectivity index (χ2v) is 5.38. The molecule has 4 rings (SSSR count). The van der Waals surface area contributed by atoms with Crippen LogP contribution in [0.15, 0.2) is 59.6 Å². The van der Waals surface area contributed by atoms with Gasteiger partial charge in [-0.25, -0.2) is 14.6 Å². The highest BCUT2D eigenvalue weighted by Crippen LogP contribution is 2.17. The predicted molar refractivity (Wildman–Crippen MR) is 91.6 cm³/mol. The first-order chi connectivity index (χ1) is 12.7. The third-order valence-corrected chi connectivity index (χ3v) is 3.57. The van der Waals surface area contributed by atoms with E-state index in [0.29, 0.717) is 28.9 Å². The van der Waals surface area contributed by atoms with E-state index in [0.717, 1.165) is 5.56 Å². The topological polar surface area (TPSA) is 112 Å². The average molecular weight is 347 g/mol. The second-order valence-electron chi connectivity index (χ2n) is 5.38. The number of benzene rings is 1. The van der Waals surface area contributed by atoms with Gasteiger partial charge in [0.05, 0.1) is 0 Å². The Morgan fingerprint density at radius 3 is 2.73 bits per heavy atom. The minimum Gasteiger partial charge on any atom is -0.339 e. The Balaban J connectivity index is 1.51. The Kier molecular flexibility index (Phi) is 3.94. The fourth-order valence-corrected chi connectivity index (χ4v) is 2.32. The molecule has 1 N–H and O–H groups in total. The molecule has 0 aliphatic rings. The van der Waals surface area contributed by atoms with Crippen LogP contribution < -0.4 is 5.32 Å². The largest absolute Gasteiger partial charge is 0.339 e. The van der Waals surface area contributed by atoms with E-state index in [-0.39, 0.29) is 5.91 Å². The first-order valence-corrected chi connectivity index (χ1v) is 7.73. The number of carbonyl (C=O) groups is 1. The quantitative estimate of drug-likeness (QED) is 0.602. The summed E-state index contributed by atoms with van der Waals surface area (Å²) in [4.78, 5) is 24.8. The molecule has 3 aromatic heterocycles. The molecule has 0 radical (unpaired) electrons. The van der Waals surface area contributed by atoms with Gasteiger partial charge in [0.2, 0.25) is 11.7 Å². The van der Waals surface area contributed by atoms with Gasteiger partial charge in [0, 0.05) is 36.5 Å². The number of rotatable bonds is 4. The summed E-state index contributed by atoms with van der Waals surface area (Å²) in [7, 11) is 0. The van der Waals surface area contributed by atoms with E-state index in [2.05, 4.69) is 30.5 Å². The fourth-order valence-electron chi connectivity index (χ4n) is 2.32. The Hall–Kier alpha value is -3.88. The SMILES string of the molecule is Cc1nc(-c2ccc(C(=O)Nc3cc(-n4cccn4)ncn3)cc2)no1. The van der Waals surface area contributed by atoms with Crippen molar-refractivity contribution in [2.75, 3.05) is 5.32 Å². The van der Waals surface area contributed by atoms with E-state index in [4.69, 9.17) is 4.52 Å². The van der Waals surface area contributed by atoms with E-state index >= 15 is 0 Å². The van der Waals surface area contributed by atoms with E-state index in [1.165, 1.54) is 6.33 Å². The molecule has 0 saturated carbocycles. The maximum absolute atomic E-state index is 12.4. The van der Waals surface area contributed by atoms with Gasteiger partial charge < -0.3 is 9.84 Å². The molecule has 128 valence electrons. The number of anilines is 1. The van der Waals surface area contributed by atoms with Crippen LogP contribution in [0.4, 0.5) is 5.82 Å². The summed E-state index contributed by atoms with van der Waals surface area (Å²) in [5, 5.41) is 10.7. The van der Waals surface area contributed by atoms with Crippen LogP contribution >= 0.6 is 0 Å². The summed E-state index contributed by atoms with van der Waals surface area (Å²) < 4.78 is 6.54. The normalized spacial score (nSPS) is 10.7. The monoisotopic (exact) mass is 347 g/mol. The first kappa shape index (κ1) is 15.6. The summed E-state index contributed by atoms with van der Waals surface area (Å²) >= 11 is 0. The molecular weight excluding hydrogens is 334 g/mol. The standard InChI is InChI=1S/C17H13N7O2/c1-11-21-16(23-26-11)12-3-5-13(6-4-12)17(25)22-14-9-15(19-10-18-14)24-8-2-7-20-24/h2-10H,1H3,(H,18,19,22,25). The van der Waals surface area contributed by atoms with Crippen molar-refractivity contribution in [1.82, 2.24) is 29.9 Å². The number of hydrogen-bond acceptors (Lipinski definition) is 7. The molecule has 0 saturated heterocycles. The molecule has 1 amide bonds. The van der Waals surface area contributed by atoms with Crippen molar-refractivity contribution in [2.24, 2.45) is 0 Å². The van der Waals surface area contributed by atoms with Gasteiger partial charge in [0.1, 0.15) is 12.1 Å². The van der Waals surface area contributed by atoms with E-state index < -0.39 is 0 Å². The number of aryl methyl sites for hydroxylation is 1. The van der Waals surface area contributed by atoms with Crippen molar-refractivity contribution in [1.29, 1.82) is 0 Å². The molecule has 3 heterocycles. The van der Waals surface area contributed by atoms with Gasteiger partial charge in [-0.3, -0.25) is 4.79 Å². The van der Waals surface area contributed by atoms with Crippen LogP contribution in [0, 0.1) is 6.92 Å². The molecule has 0 aliphatic heterocycles. The van der Waals surface area contributed by atoms with Crippen LogP contribution in [0.2, 0.25) is 0 Å². The number of aromatic nitrogens is 6. The molecule has 0 aliphatic carbocycles. The summed E-state index contributed by atoms with van der Waals surface area (Å²) in [6.07, 6.45) is 4.77. The summed E-state index contributed by atoms with van der Waals surface area (Å²) in [5.74, 6) is 1.62. The van der Waals surface area contributed by atoms with Crippen molar-refractivity contribution in [3.05, 3.63) is 66.6 Å². The van der Waals surface area contributed by atoms with Gasteiger partial charge in [-0.1, -0.05) is 17.3 Å². The lowest BCUT2D eigenvalue weighted by molar-refractivity contribution is 0.102. The van der Waals surface area contributed by atoms with Gasteiger partial charge in [0.15, 0.2) is 5.82 Å². The zero-order valence-corrected chi connectivity index (χ0v) is 13.7. The molecule has 26 heavy (non-hydrogen) atoms. The number of nitrogens with one attached hydrogen (secondary N) is 1. The van der Waals surface area contributed by atoms with Crippen LogP contribution in [0.25, 0.3) is 17.2 Å². The number of amides is 1. The molecular formula is C17H13N7O2. The van der Waals surface area contributed by atoms with Crippen molar-refractivity contribution in [3.63, 3.8) is 0 Å². The van der Waals surface area contributed by atoms with Gasteiger partial charge in [-0.05, 0) is 18.2 Å². The van der Waals surface area contributed by atoms with Gasteiger partial charge >= 0.3 is 0 Å². The molecule has 0 fully saturated rings. The third-order valence-electron chi connectivity index (χ3n) is 3.57. The summed E-state index contributed by atoms with van der Waals surface area (Å²) in [6.45, 7) is 1.72. The lowest BCUT2D eigenvalue weighted by atomic mass is 10.1. The maximum Gasteiger partial charge on any atom is 0.256 e. The minimum absolute atomic E-state index is 0.286. The highest BCUT2D eigenvalue weighted by Gasteiger charge is 2.10. The number of nitrogens with zero attached hydrogens (tertiary/aromatic N) is 6. The van der Waals surface area contributed by atoms with Crippen molar-refractivity contribution in [3.8, 4) is 17.2 Å². The zero-order valence-electron chi connectivity index (χ0n) is 13.7. The smallest absolute Gasteiger partial charge is 0.256 e. The van der Waals surface area contributed by atoms with Crippen LogP contribution in [-0.2, 0) is 0 Å². The fraction of sp³-hybridized carbons (Fsp3) is 0.0588. The van der Waals surface area contributed by atoms with Crippen molar-refractivity contribution >= 4 is 11.7 Å². The molecule has 4 aromatic rings. The molecule has 0 unspecified atom stereocenters. The molecule has 9 nitrogen and oxygen atoms in total. The minimum atomic E-state index is -0.286. The third kappa shape index (κ3) is 3.18. The van der Waals surface area contributed by atoms with E-state index in [1.807, 2.05) is 0 Å². The Labute approximate surface area is 147 Å². The van der Waals surface area contributed by atoms with Gasteiger partial charge in [-0.15, -0.1) is 0 Å². The zero-order chi connectivity index (χ0) is 17.9. The molecule has 0 bridgehead atoms. The Bertz CT molecular complexity index is 1040. The second kappa shape index (κ2) is 6.55. The average Bonchev–Trinajstić information content (AvgIpc) is 3.34. The highest BCUT2D eigenvalue weighted by atomic mass is 16.5. The van der Waals surface area contributed by atoms with E-state index in [9.17, 15) is 4.79 Å². The molecule has 9 heteroatoms. The van der Waals surface area contributed by atoms with Crippen LogP contribution in [0.5, 0.6) is 0 Å². The maximum atomic E-state index is 12.4. The predicted octanol–water partition coefficient (Wildman–Crippen LogP) is 2.27. The van der Waals surface area contributed by atoms with E-state index in [1.54, 1.807) is 60.4 Å². The number of hydrogen-bond donors (Lipinski definition) is 1. The first-order valence-electron chi connectivity index (χ1n) is 7.73. The molecule has 0 atom stereocenters.